The topological polar surface area (TPSA) is 21.3 Å². The number of nitrogens with one attached hydrogen (secondary N) is 1. The molecule has 0 atom stereocenters. The summed E-state index contributed by atoms with van der Waals surface area (Å²) in [4.78, 5) is 0. The fourth-order valence-electron chi connectivity index (χ4n) is 4.30. The molecule has 3 heterocycles. The Bertz CT molecular complexity index is 1100. The first-order valence-corrected chi connectivity index (χ1v) is 11.6. The van der Waals surface area contributed by atoms with Gasteiger partial charge in [0.25, 0.3) is 0 Å². The fourth-order valence-corrected chi connectivity index (χ4v) is 6.81. The molecule has 29 heavy (non-hydrogen) atoms. The van der Waals surface area contributed by atoms with Crippen LogP contribution in [0.5, 0.6) is 5.75 Å². The number of hydrogen-bond acceptors (Lipinski definition) is 4. The van der Waals surface area contributed by atoms with E-state index in [0.29, 0.717) is 11.3 Å². The third kappa shape index (κ3) is 3.17. The SMILES string of the molecule is CC1=CC(C)(C)Nc2ccc3c(c21)C(=C1SCCCS1)Oc1c(F)cc(F)cc1-3. The Morgan fingerprint density at radius 1 is 1.03 bits per heavy atom. The first-order valence-electron chi connectivity index (χ1n) is 9.66. The number of hydrogen-bond donors (Lipinski definition) is 1. The summed E-state index contributed by atoms with van der Waals surface area (Å²) >= 11 is 3.50. The summed E-state index contributed by atoms with van der Waals surface area (Å²) in [6.07, 6.45) is 3.33. The minimum atomic E-state index is -0.668. The molecule has 5 rings (SSSR count). The van der Waals surface area contributed by atoms with E-state index in [2.05, 4.69) is 32.2 Å². The van der Waals surface area contributed by atoms with Crippen molar-refractivity contribution in [1.29, 1.82) is 0 Å². The lowest BCUT2D eigenvalue weighted by atomic mass is 9.83. The van der Waals surface area contributed by atoms with E-state index in [4.69, 9.17) is 4.74 Å². The van der Waals surface area contributed by atoms with Crippen LogP contribution in [0.15, 0.2) is 34.6 Å². The van der Waals surface area contributed by atoms with Crippen LogP contribution >= 0.6 is 23.5 Å². The van der Waals surface area contributed by atoms with Gasteiger partial charge in [-0.3, -0.25) is 0 Å². The Kier molecular flexibility index (Phi) is 4.48. The van der Waals surface area contributed by atoms with Crippen molar-refractivity contribution in [3.63, 3.8) is 0 Å². The van der Waals surface area contributed by atoms with E-state index in [1.54, 1.807) is 23.5 Å². The second kappa shape index (κ2) is 6.81. The Labute approximate surface area is 177 Å². The lowest BCUT2D eigenvalue weighted by Crippen LogP contribution is -2.32. The predicted molar refractivity (Wildman–Crippen MR) is 120 cm³/mol. The second-order valence-corrected chi connectivity index (χ2v) is 10.6. The molecule has 1 fully saturated rings. The first-order chi connectivity index (χ1) is 13.8. The third-order valence-electron chi connectivity index (χ3n) is 5.30. The molecular formula is C23H21F2NOS2. The number of anilines is 1. The molecule has 0 radical (unpaired) electrons. The largest absolute Gasteiger partial charge is 0.451 e. The van der Waals surface area contributed by atoms with E-state index in [-0.39, 0.29) is 11.3 Å². The van der Waals surface area contributed by atoms with E-state index in [9.17, 15) is 8.78 Å². The van der Waals surface area contributed by atoms with Crippen LogP contribution in [0.25, 0.3) is 22.5 Å². The van der Waals surface area contributed by atoms with Crippen molar-refractivity contribution in [1.82, 2.24) is 0 Å². The summed E-state index contributed by atoms with van der Waals surface area (Å²) in [5.74, 6) is 1.56. The Morgan fingerprint density at radius 2 is 1.79 bits per heavy atom. The van der Waals surface area contributed by atoms with Gasteiger partial charge in [0, 0.05) is 28.4 Å². The summed E-state index contributed by atoms with van der Waals surface area (Å²) in [7, 11) is 0. The van der Waals surface area contributed by atoms with E-state index < -0.39 is 11.6 Å². The van der Waals surface area contributed by atoms with Gasteiger partial charge in [-0.05, 0) is 62.0 Å². The maximum Gasteiger partial charge on any atom is 0.171 e. The van der Waals surface area contributed by atoms with Crippen LogP contribution in [0, 0.1) is 11.6 Å². The molecule has 150 valence electrons. The quantitative estimate of drug-likeness (QED) is 0.481. The van der Waals surface area contributed by atoms with Crippen LogP contribution in [0.2, 0.25) is 0 Å². The predicted octanol–water partition coefficient (Wildman–Crippen LogP) is 7.13. The van der Waals surface area contributed by atoms with E-state index in [1.165, 1.54) is 6.07 Å². The number of rotatable bonds is 0. The van der Waals surface area contributed by atoms with Gasteiger partial charge < -0.3 is 10.1 Å². The second-order valence-electron chi connectivity index (χ2n) is 8.12. The molecule has 2 nitrogen and oxygen atoms in total. The van der Waals surface area contributed by atoms with Gasteiger partial charge in [-0.2, -0.15) is 0 Å². The lowest BCUT2D eigenvalue weighted by Gasteiger charge is -2.35. The average Bonchev–Trinajstić information content (AvgIpc) is 2.66. The van der Waals surface area contributed by atoms with Gasteiger partial charge in [0.15, 0.2) is 17.3 Å². The zero-order chi connectivity index (χ0) is 20.3. The molecule has 0 aromatic heterocycles. The minimum Gasteiger partial charge on any atom is -0.451 e. The maximum atomic E-state index is 14.7. The molecule has 2 aromatic carbocycles. The average molecular weight is 430 g/mol. The van der Waals surface area contributed by atoms with Gasteiger partial charge in [-0.1, -0.05) is 12.1 Å². The highest BCUT2D eigenvalue weighted by Crippen LogP contribution is 2.53. The molecule has 0 aliphatic carbocycles. The van der Waals surface area contributed by atoms with Crippen LogP contribution in [-0.4, -0.2) is 17.0 Å². The molecule has 3 aliphatic heterocycles. The summed E-state index contributed by atoms with van der Waals surface area (Å²) < 4.78 is 36.0. The Hall–Kier alpha value is -1.92. The van der Waals surface area contributed by atoms with Crippen LogP contribution in [-0.2, 0) is 0 Å². The van der Waals surface area contributed by atoms with Gasteiger partial charge in [0.2, 0.25) is 0 Å². The summed E-state index contributed by atoms with van der Waals surface area (Å²) in [6.45, 7) is 6.34. The van der Waals surface area contributed by atoms with E-state index in [0.717, 1.165) is 56.2 Å². The molecular weight excluding hydrogens is 408 g/mol. The smallest absolute Gasteiger partial charge is 0.171 e. The van der Waals surface area contributed by atoms with Crippen molar-refractivity contribution in [3.05, 3.63) is 57.3 Å². The van der Waals surface area contributed by atoms with Crippen LogP contribution < -0.4 is 10.1 Å². The number of ether oxygens (including phenoxy) is 1. The molecule has 6 heteroatoms. The molecule has 0 spiro atoms. The van der Waals surface area contributed by atoms with Crippen molar-refractivity contribution in [2.75, 3.05) is 16.8 Å². The highest BCUT2D eigenvalue weighted by molar-refractivity contribution is 8.23. The molecule has 1 N–H and O–H groups in total. The monoisotopic (exact) mass is 429 g/mol. The maximum absolute atomic E-state index is 14.7. The highest BCUT2D eigenvalue weighted by atomic mass is 32.2. The standard InChI is InChI=1S/C23H21F2NOS2/c1-12-11-23(2,3)26-17-6-5-14-15-9-13(24)10-16(25)20(15)27-21(19(14)18(12)17)22-28-7-4-8-29-22/h5-6,9-11,26H,4,7-8H2,1-3H3. The zero-order valence-electron chi connectivity index (χ0n) is 16.5. The summed E-state index contributed by atoms with van der Waals surface area (Å²) in [6, 6.07) is 6.22. The van der Waals surface area contributed by atoms with Gasteiger partial charge in [0.05, 0.1) is 9.78 Å². The first kappa shape index (κ1) is 19.1. The van der Waals surface area contributed by atoms with Gasteiger partial charge in [0.1, 0.15) is 5.82 Å². The fraction of sp³-hybridized carbons (Fsp3) is 0.304. The van der Waals surface area contributed by atoms with E-state index >= 15 is 0 Å². The van der Waals surface area contributed by atoms with Crippen molar-refractivity contribution < 1.29 is 13.5 Å². The number of benzene rings is 2. The van der Waals surface area contributed by atoms with Crippen molar-refractivity contribution in [2.45, 2.75) is 32.7 Å². The molecule has 0 unspecified atom stereocenters. The number of halogens is 2. The normalized spacial score (nSPS) is 19.4. The number of allylic oxidation sites excluding steroid dienone is 1. The van der Waals surface area contributed by atoms with Crippen molar-refractivity contribution in [3.8, 4) is 16.9 Å². The van der Waals surface area contributed by atoms with Gasteiger partial charge in [-0.15, -0.1) is 23.5 Å². The Morgan fingerprint density at radius 3 is 2.55 bits per heavy atom. The molecule has 3 aliphatic rings. The van der Waals surface area contributed by atoms with Crippen LogP contribution in [0.3, 0.4) is 0 Å². The van der Waals surface area contributed by atoms with Crippen molar-refractivity contribution in [2.24, 2.45) is 0 Å². The Balaban J connectivity index is 1.84. The number of thioether (sulfide) groups is 2. The van der Waals surface area contributed by atoms with E-state index in [1.807, 2.05) is 12.1 Å². The van der Waals surface area contributed by atoms with Crippen molar-refractivity contribution >= 4 is 40.5 Å². The highest BCUT2D eigenvalue weighted by Gasteiger charge is 2.34. The molecule has 0 saturated carbocycles. The summed E-state index contributed by atoms with van der Waals surface area (Å²) in [5, 5.41) is 3.57. The molecule has 2 aromatic rings. The van der Waals surface area contributed by atoms with Gasteiger partial charge >= 0.3 is 0 Å². The third-order valence-corrected chi connectivity index (χ3v) is 7.89. The summed E-state index contributed by atoms with van der Waals surface area (Å²) in [5.41, 5.74) is 5.23. The molecule has 1 saturated heterocycles. The minimum absolute atomic E-state index is 0.110. The molecule has 0 bridgehead atoms. The van der Waals surface area contributed by atoms with Gasteiger partial charge in [-0.25, -0.2) is 8.78 Å². The zero-order valence-corrected chi connectivity index (χ0v) is 18.1. The van der Waals surface area contributed by atoms with Crippen LogP contribution in [0.4, 0.5) is 14.5 Å². The lowest BCUT2D eigenvalue weighted by molar-refractivity contribution is 0.458. The van der Waals surface area contributed by atoms with Crippen LogP contribution in [0.1, 0.15) is 38.3 Å². The number of fused-ring (bicyclic) bond motifs is 5. The molecule has 0 amide bonds.